The summed E-state index contributed by atoms with van der Waals surface area (Å²) in [6.07, 6.45) is 9.21. The van der Waals surface area contributed by atoms with Gasteiger partial charge in [0.1, 0.15) is 10.6 Å². The molecule has 0 radical (unpaired) electrons. The van der Waals surface area contributed by atoms with E-state index >= 15 is 0 Å². The summed E-state index contributed by atoms with van der Waals surface area (Å²) in [4.78, 5) is 11.2. The van der Waals surface area contributed by atoms with Crippen LogP contribution in [0.1, 0.15) is 49.1 Å². The lowest BCUT2D eigenvalue weighted by Gasteiger charge is -2.13. The van der Waals surface area contributed by atoms with Crippen LogP contribution in [-0.2, 0) is 10.0 Å². The fourth-order valence-electron chi connectivity index (χ4n) is 2.13. The molecule has 1 fully saturated rings. The Labute approximate surface area is 124 Å². The van der Waals surface area contributed by atoms with Crippen LogP contribution in [0, 0.1) is 12.3 Å². The van der Waals surface area contributed by atoms with Crippen molar-refractivity contribution in [2.75, 3.05) is 0 Å². The van der Waals surface area contributed by atoms with Crippen LogP contribution in [0.15, 0.2) is 17.2 Å². The SMILES string of the molecule is C#CCC(CC)NS(=O)(=O)c1cc(C(=O)O)n(C2CC2)c1. The first-order valence-electron chi connectivity index (χ1n) is 6.80. The van der Waals surface area contributed by atoms with Gasteiger partial charge in [0.05, 0.1) is 0 Å². The first-order valence-corrected chi connectivity index (χ1v) is 8.28. The van der Waals surface area contributed by atoms with Crippen LogP contribution in [0.5, 0.6) is 0 Å². The molecule has 2 N–H and O–H groups in total. The van der Waals surface area contributed by atoms with Crippen molar-refractivity contribution in [2.24, 2.45) is 0 Å². The molecule has 21 heavy (non-hydrogen) atoms. The normalized spacial score (nSPS) is 16.4. The van der Waals surface area contributed by atoms with Crippen LogP contribution in [0.2, 0.25) is 0 Å². The van der Waals surface area contributed by atoms with Crippen molar-refractivity contribution < 1.29 is 18.3 Å². The van der Waals surface area contributed by atoms with Gasteiger partial charge in [-0.05, 0) is 25.3 Å². The molecular formula is C14H18N2O4S. The van der Waals surface area contributed by atoms with Gasteiger partial charge in [0, 0.05) is 24.7 Å². The third-order valence-electron chi connectivity index (χ3n) is 3.47. The summed E-state index contributed by atoms with van der Waals surface area (Å²) in [5.41, 5.74) is 0.00266. The number of aromatic nitrogens is 1. The van der Waals surface area contributed by atoms with Gasteiger partial charge in [-0.2, -0.15) is 0 Å². The van der Waals surface area contributed by atoms with Crippen LogP contribution in [-0.4, -0.2) is 30.1 Å². The number of nitrogens with zero attached hydrogens (tertiary/aromatic N) is 1. The van der Waals surface area contributed by atoms with Crippen molar-refractivity contribution in [3.8, 4) is 12.3 Å². The Morgan fingerprint density at radius 2 is 2.29 bits per heavy atom. The van der Waals surface area contributed by atoms with Gasteiger partial charge in [-0.1, -0.05) is 6.92 Å². The van der Waals surface area contributed by atoms with Crippen molar-refractivity contribution in [1.82, 2.24) is 9.29 Å². The molecule has 1 heterocycles. The highest BCUT2D eigenvalue weighted by atomic mass is 32.2. The van der Waals surface area contributed by atoms with E-state index in [-0.39, 0.29) is 22.7 Å². The molecular weight excluding hydrogens is 292 g/mol. The first kappa shape index (κ1) is 15.6. The van der Waals surface area contributed by atoms with Crippen molar-refractivity contribution in [2.45, 2.75) is 49.6 Å². The second kappa shape index (κ2) is 5.92. The summed E-state index contributed by atoms with van der Waals surface area (Å²) in [6.45, 7) is 1.84. The van der Waals surface area contributed by atoms with Crippen LogP contribution < -0.4 is 4.72 Å². The summed E-state index contributed by atoms with van der Waals surface area (Å²) in [6, 6.07) is 0.941. The molecule has 7 heteroatoms. The quantitative estimate of drug-likeness (QED) is 0.749. The lowest BCUT2D eigenvalue weighted by atomic mass is 10.2. The van der Waals surface area contributed by atoms with E-state index in [1.165, 1.54) is 16.8 Å². The number of sulfonamides is 1. The Hall–Kier alpha value is -1.78. The van der Waals surface area contributed by atoms with E-state index in [1.807, 2.05) is 6.92 Å². The molecule has 0 bridgehead atoms. The molecule has 1 atom stereocenters. The number of rotatable bonds is 7. The van der Waals surface area contributed by atoms with E-state index in [2.05, 4.69) is 10.6 Å². The van der Waals surface area contributed by atoms with E-state index in [0.717, 1.165) is 12.8 Å². The number of terminal acetylenes is 1. The highest BCUT2D eigenvalue weighted by molar-refractivity contribution is 7.89. The third-order valence-corrected chi connectivity index (χ3v) is 4.96. The van der Waals surface area contributed by atoms with Crippen molar-refractivity contribution in [3.63, 3.8) is 0 Å². The lowest BCUT2D eigenvalue weighted by Crippen LogP contribution is -2.33. The summed E-state index contributed by atoms with van der Waals surface area (Å²) in [7, 11) is -3.76. The van der Waals surface area contributed by atoms with E-state index < -0.39 is 16.0 Å². The first-order chi connectivity index (χ1) is 9.89. The Morgan fingerprint density at radius 3 is 2.76 bits per heavy atom. The number of aromatic carboxylic acids is 1. The van der Waals surface area contributed by atoms with Crippen molar-refractivity contribution >= 4 is 16.0 Å². The average molecular weight is 310 g/mol. The van der Waals surface area contributed by atoms with Gasteiger partial charge in [0.25, 0.3) is 0 Å². The monoisotopic (exact) mass is 310 g/mol. The van der Waals surface area contributed by atoms with Crippen molar-refractivity contribution in [1.29, 1.82) is 0 Å². The number of carbonyl (C=O) groups is 1. The summed E-state index contributed by atoms with van der Waals surface area (Å²) in [5, 5.41) is 9.17. The second-order valence-electron chi connectivity index (χ2n) is 5.14. The summed E-state index contributed by atoms with van der Waals surface area (Å²) >= 11 is 0. The molecule has 2 rings (SSSR count). The van der Waals surface area contributed by atoms with Crippen LogP contribution in [0.25, 0.3) is 0 Å². The van der Waals surface area contributed by atoms with Gasteiger partial charge in [-0.15, -0.1) is 12.3 Å². The molecule has 1 saturated carbocycles. The Balaban J connectivity index is 2.30. The van der Waals surface area contributed by atoms with E-state index in [9.17, 15) is 18.3 Å². The topological polar surface area (TPSA) is 88.4 Å². The van der Waals surface area contributed by atoms with Crippen LogP contribution >= 0.6 is 0 Å². The maximum atomic E-state index is 12.3. The molecule has 1 unspecified atom stereocenters. The highest BCUT2D eigenvalue weighted by Gasteiger charge is 2.30. The third kappa shape index (κ3) is 3.46. The molecule has 114 valence electrons. The molecule has 0 aromatic carbocycles. The molecule has 1 aromatic rings. The Bertz CT molecular complexity index is 680. The van der Waals surface area contributed by atoms with E-state index in [4.69, 9.17) is 6.42 Å². The minimum Gasteiger partial charge on any atom is -0.477 e. The molecule has 1 aromatic heterocycles. The Kier molecular flexibility index (Phi) is 4.40. The number of hydrogen-bond acceptors (Lipinski definition) is 3. The molecule has 6 nitrogen and oxygen atoms in total. The second-order valence-corrected chi connectivity index (χ2v) is 6.85. The van der Waals surface area contributed by atoms with Gasteiger partial charge in [-0.3, -0.25) is 0 Å². The minimum atomic E-state index is -3.76. The highest BCUT2D eigenvalue weighted by Crippen LogP contribution is 2.37. The number of carboxylic acids is 1. The largest absolute Gasteiger partial charge is 0.477 e. The molecule has 1 aliphatic carbocycles. The fourth-order valence-corrected chi connectivity index (χ4v) is 3.47. The zero-order valence-electron chi connectivity index (χ0n) is 11.7. The van der Waals surface area contributed by atoms with Gasteiger partial charge in [0.15, 0.2) is 0 Å². The van der Waals surface area contributed by atoms with E-state index in [0.29, 0.717) is 12.8 Å². The lowest BCUT2D eigenvalue weighted by molar-refractivity contribution is 0.0685. The zero-order valence-corrected chi connectivity index (χ0v) is 12.6. The molecule has 0 amide bonds. The van der Waals surface area contributed by atoms with Crippen LogP contribution in [0.4, 0.5) is 0 Å². The van der Waals surface area contributed by atoms with Gasteiger partial charge in [-0.25, -0.2) is 17.9 Å². The fraction of sp³-hybridized carbons (Fsp3) is 0.500. The number of nitrogens with one attached hydrogen (secondary N) is 1. The van der Waals surface area contributed by atoms with Gasteiger partial charge < -0.3 is 9.67 Å². The smallest absolute Gasteiger partial charge is 0.352 e. The number of hydrogen-bond donors (Lipinski definition) is 2. The predicted octanol–water partition coefficient (Wildman–Crippen LogP) is 1.60. The summed E-state index contributed by atoms with van der Waals surface area (Å²) < 4.78 is 28.7. The van der Waals surface area contributed by atoms with Gasteiger partial charge >= 0.3 is 5.97 Å². The molecule has 0 aliphatic heterocycles. The minimum absolute atomic E-state index is 0.00266. The predicted molar refractivity (Wildman–Crippen MR) is 77.5 cm³/mol. The molecule has 1 aliphatic rings. The Morgan fingerprint density at radius 1 is 1.62 bits per heavy atom. The number of carboxylic acid groups (broad SMARTS) is 1. The zero-order chi connectivity index (χ0) is 15.6. The summed E-state index contributed by atoms with van der Waals surface area (Å²) in [5.74, 6) is 1.30. The molecule has 0 spiro atoms. The standard InChI is InChI=1S/C14H18N2O4S/c1-3-5-10(4-2)15-21(19,20)12-8-13(14(17)18)16(9-12)11-6-7-11/h1,8-11,15H,4-7H2,2H3,(H,17,18). The maximum absolute atomic E-state index is 12.3. The van der Waals surface area contributed by atoms with Crippen molar-refractivity contribution in [3.05, 3.63) is 18.0 Å². The van der Waals surface area contributed by atoms with Gasteiger partial charge in [0.2, 0.25) is 10.0 Å². The van der Waals surface area contributed by atoms with E-state index in [1.54, 1.807) is 0 Å². The van der Waals surface area contributed by atoms with Crippen LogP contribution in [0.3, 0.4) is 0 Å². The molecule has 0 saturated heterocycles. The average Bonchev–Trinajstić information content (AvgIpc) is 3.15. The maximum Gasteiger partial charge on any atom is 0.352 e.